The molecule has 1 saturated heterocycles. The quantitative estimate of drug-likeness (QED) is 0.135. The van der Waals surface area contributed by atoms with Crippen LogP contribution >= 0.6 is 0 Å². The number of hydrogen-bond acceptors (Lipinski definition) is 7. The maximum absolute atomic E-state index is 13.2. The average Bonchev–Trinajstić information content (AvgIpc) is 3.10. The molecule has 0 N–H and O–H groups in total. The van der Waals surface area contributed by atoms with Gasteiger partial charge in [0.2, 0.25) is 0 Å². The van der Waals surface area contributed by atoms with Gasteiger partial charge in [0.15, 0.2) is 0 Å². The summed E-state index contributed by atoms with van der Waals surface area (Å²) in [6.07, 6.45) is -2.30. The van der Waals surface area contributed by atoms with E-state index in [0.29, 0.717) is 18.6 Å². The van der Waals surface area contributed by atoms with Gasteiger partial charge in [0, 0.05) is 6.42 Å². The second kappa shape index (κ2) is 15.7. The van der Waals surface area contributed by atoms with E-state index in [0.717, 1.165) is 15.9 Å². The number of hydrogen-bond donors (Lipinski definition) is 0. The van der Waals surface area contributed by atoms with Gasteiger partial charge in [-0.15, -0.1) is 0 Å². The van der Waals surface area contributed by atoms with Crippen LogP contribution in [0.1, 0.15) is 49.5 Å². The third-order valence-electron chi connectivity index (χ3n) is 8.69. The van der Waals surface area contributed by atoms with Crippen LogP contribution in [0.2, 0.25) is 5.04 Å². The number of benzene rings is 4. The third kappa shape index (κ3) is 8.26. The smallest absolute Gasteiger partial charge is 0.338 e. The second-order valence-corrected chi connectivity index (χ2v) is 17.2. The van der Waals surface area contributed by atoms with Crippen molar-refractivity contribution in [2.75, 3.05) is 13.7 Å². The lowest BCUT2D eigenvalue weighted by Crippen LogP contribution is -2.67. The molecular weight excluding hydrogens is 609 g/mol. The van der Waals surface area contributed by atoms with Crippen LogP contribution in [0.25, 0.3) is 0 Å². The summed E-state index contributed by atoms with van der Waals surface area (Å²) in [6.45, 7) is 7.23. The first-order valence-corrected chi connectivity index (χ1v) is 18.0. The zero-order valence-corrected chi connectivity index (χ0v) is 28.5. The third-order valence-corrected chi connectivity index (χ3v) is 13.7. The van der Waals surface area contributed by atoms with Gasteiger partial charge in [0.05, 0.1) is 38.4 Å². The number of esters is 2. The van der Waals surface area contributed by atoms with Crippen LogP contribution in [0.15, 0.2) is 121 Å². The maximum atomic E-state index is 13.2. The highest BCUT2D eigenvalue weighted by Crippen LogP contribution is 2.38. The Hall–Kier alpha value is -4.08. The summed E-state index contributed by atoms with van der Waals surface area (Å²) in [5.41, 5.74) is 1.43. The minimum Gasteiger partial charge on any atom is -0.469 e. The first-order valence-electron chi connectivity index (χ1n) is 16.1. The van der Waals surface area contributed by atoms with E-state index in [1.54, 1.807) is 24.3 Å². The molecule has 0 bridgehead atoms. The highest BCUT2D eigenvalue weighted by atomic mass is 28.4. The Balaban J connectivity index is 1.48. The Bertz CT molecular complexity index is 1520. The van der Waals surface area contributed by atoms with E-state index < -0.39 is 44.7 Å². The molecule has 246 valence electrons. The fraction of sp³-hybridized carbons (Fsp3) is 0.333. The molecule has 0 saturated carbocycles. The summed E-state index contributed by atoms with van der Waals surface area (Å²) in [5, 5.41) is 2.05. The molecule has 47 heavy (non-hydrogen) atoms. The standard InChI is InChI=1S/C39H44O7Si/c1-39(2,3)47(31-21-13-7-14-22-31,32-23-15-8-16-24-32)44-28-36-33(43-27-29-17-9-5-10-18-29)25-34(35(45-36)26-37(40)42-4)46-38(41)30-19-11-6-12-20-30/h5-24,33-36H,25-28H2,1-4H3/t33-,34+,35+,36+/m1/s1. The molecule has 1 heterocycles. The largest absolute Gasteiger partial charge is 0.469 e. The molecule has 4 atom stereocenters. The lowest BCUT2D eigenvalue weighted by molar-refractivity contribution is -0.200. The van der Waals surface area contributed by atoms with Crippen LogP contribution in [0.3, 0.4) is 0 Å². The van der Waals surface area contributed by atoms with Crippen molar-refractivity contribution < 1.29 is 33.0 Å². The van der Waals surface area contributed by atoms with Gasteiger partial charge in [-0.05, 0) is 33.1 Å². The van der Waals surface area contributed by atoms with Crippen LogP contribution in [-0.4, -0.2) is 58.4 Å². The predicted octanol–water partition coefficient (Wildman–Crippen LogP) is 6.09. The molecule has 0 aromatic heterocycles. The molecule has 0 radical (unpaired) electrons. The van der Waals surface area contributed by atoms with Crippen molar-refractivity contribution in [3.8, 4) is 0 Å². The molecule has 5 rings (SSSR count). The molecule has 0 aliphatic carbocycles. The van der Waals surface area contributed by atoms with Crippen molar-refractivity contribution in [3.05, 3.63) is 132 Å². The van der Waals surface area contributed by atoms with E-state index in [9.17, 15) is 9.59 Å². The van der Waals surface area contributed by atoms with Crippen molar-refractivity contribution in [2.24, 2.45) is 0 Å². The fourth-order valence-corrected chi connectivity index (χ4v) is 10.9. The zero-order chi connectivity index (χ0) is 33.3. The average molecular weight is 653 g/mol. The van der Waals surface area contributed by atoms with Crippen LogP contribution in [-0.2, 0) is 34.8 Å². The lowest BCUT2D eigenvalue weighted by atomic mass is 9.96. The zero-order valence-electron chi connectivity index (χ0n) is 27.5. The van der Waals surface area contributed by atoms with Gasteiger partial charge in [-0.25, -0.2) is 4.79 Å². The van der Waals surface area contributed by atoms with E-state index in [-0.39, 0.29) is 18.1 Å². The lowest BCUT2D eigenvalue weighted by Gasteiger charge is -2.46. The minimum absolute atomic E-state index is 0.0790. The van der Waals surface area contributed by atoms with E-state index in [1.807, 2.05) is 48.5 Å². The number of methoxy groups -OCH3 is 1. The van der Waals surface area contributed by atoms with Crippen molar-refractivity contribution in [1.82, 2.24) is 0 Å². The number of rotatable bonds is 12. The summed E-state index contributed by atoms with van der Waals surface area (Å²) < 4.78 is 31.5. The van der Waals surface area contributed by atoms with E-state index in [4.69, 9.17) is 23.4 Å². The molecule has 0 spiro atoms. The second-order valence-electron chi connectivity index (χ2n) is 12.8. The monoisotopic (exact) mass is 652 g/mol. The molecule has 1 aliphatic rings. The number of carbonyl (C=O) groups is 2. The Morgan fingerprint density at radius 2 is 1.28 bits per heavy atom. The Labute approximate surface area is 278 Å². The molecule has 4 aromatic carbocycles. The normalized spacial score (nSPS) is 19.9. The maximum Gasteiger partial charge on any atom is 0.338 e. The summed E-state index contributed by atoms with van der Waals surface area (Å²) in [4.78, 5) is 25.8. The summed E-state index contributed by atoms with van der Waals surface area (Å²) in [7, 11) is -1.57. The van der Waals surface area contributed by atoms with Gasteiger partial charge in [0.1, 0.15) is 18.3 Å². The van der Waals surface area contributed by atoms with Gasteiger partial charge in [0.25, 0.3) is 8.32 Å². The SMILES string of the molecule is COC(=O)C[C@@H]1O[C@@H](CO[Si](c2ccccc2)(c2ccccc2)C(C)(C)C)[C@H](OCc2ccccc2)C[C@@H]1OC(=O)c1ccccc1. The van der Waals surface area contributed by atoms with Crippen LogP contribution in [0.5, 0.6) is 0 Å². The van der Waals surface area contributed by atoms with Gasteiger partial charge in [-0.1, -0.05) is 130 Å². The van der Waals surface area contributed by atoms with Crippen LogP contribution in [0, 0.1) is 0 Å². The van der Waals surface area contributed by atoms with Crippen LogP contribution in [0.4, 0.5) is 0 Å². The molecule has 0 unspecified atom stereocenters. The van der Waals surface area contributed by atoms with E-state index in [1.165, 1.54) is 7.11 Å². The van der Waals surface area contributed by atoms with Crippen LogP contribution < -0.4 is 10.4 Å². The van der Waals surface area contributed by atoms with Gasteiger partial charge in [-0.3, -0.25) is 4.79 Å². The molecular formula is C39H44O7Si. The van der Waals surface area contributed by atoms with Crippen molar-refractivity contribution in [2.45, 2.75) is 69.7 Å². The fourth-order valence-electron chi connectivity index (χ4n) is 6.33. The molecule has 7 nitrogen and oxygen atoms in total. The van der Waals surface area contributed by atoms with Gasteiger partial charge >= 0.3 is 11.9 Å². The molecule has 1 aliphatic heterocycles. The van der Waals surface area contributed by atoms with Crippen molar-refractivity contribution in [3.63, 3.8) is 0 Å². The summed E-state index contributed by atoms with van der Waals surface area (Å²) in [5.74, 6) is -0.941. The number of ether oxygens (including phenoxy) is 4. The highest BCUT2D eigenvalue weighted by Gasteiger charge is 2.51. The predicted molar refractivity (Wildman–Crippen MR) is 184 cm³/mol. The molecule has 1 fully saturated rings. The van der Waals surface area contributed by atoms with E-state index >= 15 is 0 Å². The highest BCUT2D eigenvalue weighted by molar-refractivity contribution is 6.99. The summed E-state index contributed by atoms with van der Waals surface area (Å²) >= 11 is 0. The molecule has 8 heteroatoms. The van der Waals surface area contributed by atoms with Gasteiger partial charge in [-0.2, -0.15) is 0 Å². The first kappa shape index (κ1) is 34.3. The number of carbonyl (C=O) groups excluding carboxylic acids is 2. The Morgan fingerprint density at radius 3 is 1.81 bits per heavy atom. The Kier molecular flexibility index (Phi) is 11.4. The first-order chi connectivity index (χ1) is 22.7. The summed E-state index contributed by atoms with van der Waals surface area (Å²) in [6, 6.07) is 39.5. The molecule has 4 aromatic rings. The van der Waals surface area contributed by atoms with Crippen molar-refractivity contribution >= 4 is 30.6 Å². The van der Waals surface area contributed by atoms with E-state index in [2.05, 4.69) is 69.3 Å². The Morgan fingerprint density at radius 1 is 0.745 bits per heavy atom. The van der Waals surface area contributed by atoms with Crippen molar-refractivity contribution in [1.29, 1.82) is 0 Å². The minimum atomic E-state index is -2.91. The van der Waals surface area contributed by atoms with Gasteiger partial charge < -0.3 is 23.4 Å². The molecule has 0 amide bonds. The topological polar surface area (TPSA) is 80.3 Å².